The minimum Gasteiger partial charge on any atom is -0.313 e. The van der Waals surface area contributed by atoms with Crippen molar-refractivity contribution in [1.82, 2.24) is 10.2 Å². The van der Waals surface area contributed by atoms with Gasteiger partial charge in [-0.2, -0.15) is 0 Å². The maximum absolute atomic E-state index is 3.57. The van der Waals surface area contributed by atoms with Gasteiger partial charge in [-0.1, -0.05) is 27.7 Å². The number of hydrogen-bond donors (Lipinski definition) is 1. The zero-order valence-corrected chi connectivity index (χ0v) is 11.6. The molecule has 0 amide bonds. The maximum Gasteiger partial charge on any atom is 0.0107 e. The van der Waals surface area contributed by atoms with Gasteiger partial charge in [0, 0.05) is 25.7 Å². The lowest BCUT2D eigenvalue weighted by Crippen LogP contribution is -2.31. The summed E-state index contributed by atoms with van der Waals surface area (Å²) in [4.78, 5) is 2.66. The second-order valence-electron chi connectivity index (χ2n) is 6.94. The molecule has 1 saturated carbocycles. The fourth-order valence-corrected chi connectivity index (χ4v) is 3.29. The molecular formula is C14H28N2. The summed E-state index contributed by atoms with van der Waals surface area (Å²) in [5.41, 5.74) is 1.08. The van der Waals surface area contributed by atoms with Crippen LogP contribution in [-0.4, -0.2) is 37.1 Å². The van der Waals surface area contributed by atoms with Gasteiger partial charge in [0.15, 0.2) is 0 Å². The van der Waals surface area contributed by atoms with E-state index in [9.17, 15) is 0 Å². The third-order valence-electron chi connectivity index (χ3n) is 5.56. The smallest absolute Gasteiger partial charge is 0.0107 e. The Kier molecular flexibility index (Phi) is 3.09. The minimum absolute atomic E-state index is 0.540. The molecule has 16 heavy (non-hydrogen) atoms. The van der Waals surface area contributed by atoms with E-state index in [1.165, 1.54) is 26.1 Å². The van der Waals surface area contributed by atoms with E-state index in [0.29, 0.717) is 16.9 Å². The Labute approximate surface area is 101 Å². The van der Waals surface area contributed by atoms with Crippen LogP contribution in [0.15, 0.2) is 0 Å². The van der Waals surface area contributed by atoms with Crippen LogP contribution < -0.4 is 5.32 Å². The zero-order chi connectivity index (χ0) is 12.0. The van der Waals surface area contributed by atoms with E-state index in [0.717, 1.165) is 12.5 Å². The van der Waals surface area contributed by atoms with Crippen molar-refractivity contribution in [1.29, 1.82) is 0 Å². The Balaban J connectivity index is 1.87. The van der Waals surface area contributed by atoms with Crippen LogP contribution in [0.4, 0.5) is 0 Å². The van der Waals surface area contributed by atoms with Crippen LogP contribution in [0.5, 0.6) is 0 Å². The first-order chi connectivity index (χ1) is 7.35. The molecule has 0 aromatic heterocycles. The molecule has 1 N–H and O–H groups in total. The van der Waals surface area contributed by atoms with Crippen molar-refractivity contribution in [2.24, 2.45) is 16.7 Å². The molecular weight excluding hydrogens is 196 g/mol. The van der Waals surface area contributed by atoms with Gasteiger partial charge in [-0.05, 0) is 36.6 Å². The van der Waals surface area contributed by atoms with Crippen LogP contribution in [0.2, 0.25) is 0 Å². The molecule has 1 aliphatic heterocycles. The topological polar surface area (TPSA) is 15.3 Å². The number of nitrogens with one attached hydrogen (secondary N) is 1. The summed E-state index contributed by atoms with van der Waals surface area (Å²) in [6.07, 6.45) is 1.30. The van der Waals surface area contributed by atoms with Crippen LogP contribution in [-0.2, 0) is 0 Å². The largest absolute Gasteiger partial charge is 0.313 e. The summed E-state index contributed by atoms with van der Waals surface area (Å²) < 4.78 is 0. The molecule has 0 spiro atoms. The Morgan fingerprint density at radius 2 is 1.75 bits per heavy atom. The van der Waals surface area contributed by atoms with Crippen LogP contribution >= 0.6 is 0 Å². The molecule has 2 nitrogen and oxygen atoms in total. The molecule has 0 aromatic rings. The highest BCUT2D eigenvalue weighted by atomic mass is 15.2. The Morgan fingerprint density at radius 3 is 2.31 bits per heavy atom. The quantitative estimate of drug-likeness (QED) is 0.774. The van der Waals surface area contributed by atoms with Crippen molar-refractivity contribution in [3.8, 4) is 0 Å². The highest BCUT2D eigenvalue weighted by Gasteiger charge is 2.64. The second kappa shape index (κ2) is 3.99. The van der Waals surface area contributed by atoms with Crippen molar-refractivity contribution in [3.63, 3.8) is 0 Å². The average Bonchev–Trinajstić information content (AvgIpc) is 2.67. The van der Waals surface area contributed by atoms with Gasteiger partial charge in [0.2, 0.25) is 0 Å². The number of rotatable bonds is 2. The molecule has 1 aliphatic carbocycles. The third-order valence-corrected chi connectivity index (χ3v) is 5.56. The molecule has 0 radical (unpaired) electrons. The van der Waals surface area contributed by atoms with Crippen molar-refractivity contribution < 1.29 is 0 Å². The van der Waals surface area contributed by atoms with Gasteiger partial charge in [-0.3, -0.25) is 0 Å². The third kappa shape index (κ3) is 2.02. The Hall–Kier alpha value is -0.0800. The number of hydrogen-bond acceptors (Lipinski definition) is 2. The first kappa shape index (κ1) is 12.4. The van der Waals surface area contributed by atoms with Crippen molar-refractivity contribution in [3.05, 3.63) is 0 Å². The summed E-state index contributed by atoms with van der Waals surface area (Å²) in [6.45, 7) is 17.0. The normalized spacial score (nSPS) is 34.7. The lowest BCUT2D eigenvalue weighted by molar-refractivity contribution is 0.260. The predicted octanol–water partition coefficient (Wildman–Crippen LogP) is 2.35. The molecule has 2 fully saturated rings. The summed E-state index contributed by atoms with van der Waals surface area (Å²) >= 11 is 0. The van der Waals surface area contributed by atoms with Crippen molar-refractivity contribution in [2.45, 2.75) is 47.1 Å². The van der Waals surface area contributed by atoms with Gasteiger partial charge in [0.1, 0.15) is 0 Å². The summed E-state index contributed by atoms with van der Waals surface area (Å²) in [5.74, 6) is 0.883. The minimum atomic E-state index is 0.540. The van der Waals surface area contributed by atoms with Gasteiger partial charge in [-0.15, -0.1) is 0 Å². The van der Waals surface area contributed by atoms with Gasteiger partial charge >= 0.3 is 0 Å². The number of nitrogens with zero attached hydrogens (tertiary/aromatic N) is 1. The molecule has 0 bridgehead atoms. The van der Waals surface area contributed by atoms with Crippen LogP contribution in [0.25, 0.3) is 0 Å². The Bertz CT molecular complexity index is 243. The van der Waals surface area contributed by atoms with E-state index in [-0.39, 0.29) is 0 Å². The van der Waals surface area contributed by atoms with Crippen molar-refractivity contribution >= 4 is 0 Å². The monoisotopic (exact) mass is 224 g/mol. The van der Waals surface area contributed by atoms with Gasteiger partial charge < -0.3 is 10.2 Å². The molecule has 2 heteroatoms. The van der Waals surface area contributed by atoms with E-state index in [4.69, 9.17) is 0 Å². The maximum atomic E-state index is 3.57. The van der Waals surface area contributed by atoms with E-state index in [1.807, 2.05) is 0 Å². The van der Waals surface area contributed by atoms with Gasteiger partial charge in [0.05, 0.1) is 0 Å². The molecule has 94 valence electrons. The predicted molar refractivity (Wildman–Crippen MR) is 69.6 cm³/mol. The summed E-state index contributed by atoms with van der Waals surface area (Å²) in [7, 11) is 0. The average molecular weight is 224 g/mol. The molecule has 1 atom stereocenters. The zero-order valence-electron chi connectivity index (χ0n) is 11.6. The SMILES string of the molecule is CC1CCN(CC2C(C)(C)C2(C)C)CCN1. The first-order valence-electron chi connectivity index (χ1n) is 6.81. The van der Waals surface area contributed by atoms with Crippen LogP contribution in [0.3, 0.4) is 0 Å². The summed E-state index contributed by atoms with van der Waals surface area (Å²) in [6, 6.07) is 0.699. The van der Waals surface area contributed by atoms with E-state index >= 15 is 0 Å². The van der Waals surface area contributed by atoms with Gasteiger partial charge in [-0.25, -0.2) is 0 Å². The highest BCUT2D eigenvalue weighted by molar-refractivity contribution is 5.13. The van der Waals surface area contributed by atoms with Crippen LogP contribution in [0.1, 0.15) is 41.0 Å². The fourth-order valence-electron chi connectivity index (χ4n) is 3.29. The molecule has 2 rings (SSSR count). The standard InChI is InChI=1S/C14H28N2/c1-11-6-8-16(9-7-15-11)10-12-13(2,3)14(12,4)5/h11-12,15H,6-10H2,1-5H3. The van der Waals surface area contributed by atoms with E-state index in [2.05, 4.69) is 44.8 Å². The molecule has 1 unspecified atom stereocenters. The second-order valence-corrected chi connectivity index (χ2v) is 6.94. The van der Waals surface area contributed by atoms with Crippen molar-refractivity contribution in [2.75, 3.05) is 26.2 Å². The van der Waals surface area contributed by atoms with Crippen LogP contribution in [0, 0.1) is 16.7 Å². The molecule has 1 saturated heterocycles. The molecule has 1 heterocycles. The van der Waals surface area contributed by atoms with E-state index in [1.54, 1.807) is 0 Å². The first-order valence-corrected chi connectivity index (χ1v) is 6.81. The molecule has 0 aromatic carbocycles. The fraction of sp³-hybridized carbons (Fsp3) is 1.00. The van der Waals surface area contributed by atoms with E-state index < -0.39 is 0 Å². The lowest BCUT2D eigenvalue weighted by atomic mass is 10.0. The Morgan fingerprint density at radius 1 is 1.12 bits per heavy atom. The highest BCUT2D eigenvalue weighted by Crippen LogP contribution is 2.68. The lowest BCUT2D eigenvalue weighted by Gasteiger charge is -2.20. The van der Waals surface area contributed by atoms with Gasteiger partial charge in [0.25, 0.3) is 0 Å². The molecule has 2 aliphatic rings. The summed E-state index contributed by atoms with van der Waals surface area (Å²) in [5, 5.41) is 3.57.